The van der Waals surface area contributed by atoms with E-state index in [1.165, 1.54) is 12.1 Å². The number of benzene rings is 1. The van der Waals surface area contributed by atoms with Crippen LogP contribution in [0.1, 0.15) is 23.7 Å². The molecule has 0 bridgehead atoms. The highest BCUT2D eigenvalue weighted by atomic mass is 19.1. The molecule has 17 heavy (non-hydrogen) atoms. The second kappa shape index (κ2) is 6.20. The van der Waals surface area contributed by atoms with E-state index in [1.54, 1.807) is 0 Å². The number of hydrogen-bond donors (Lipinski definition) is 3. The molecule has 0 radical (unpaired) electrons. The quantitative estimate of drug-likeness (QED) is 0.676. The van der Waals surface area contributed by atoms with Gasteiger partial charge in [-0.05, 0) is 30.5 Å². The van der Waals surface area contributed by atoms with Gasteiger partial charge in [-0.25, -0.2) is 4.39 Å². The topological polar surface area (TPSA) is 75.3 Å². The number of amides is 1. The van der Waals surface area contributed by atoms with E-state index in [-0.39, 0.29) is 23.8 Å². The fourth-order valence-corrected chi connectivity index (χ4v) is 1.40. The minimum atomic E-state index is -0.627. The second-order valence-corrected chi connectivity index (χ2v) is 4.07. The number of hydrogen-bond acceptors (Lipinski definition) is 3. The van der Waals surface area contributed by atoms with Gasteiger partial charge in [-0.3, -0.25) is 4.79 Å². The summed E-state index contributed by atoms with van der Waals surface area (Å²) in [5, 5.41) is 11.3. The summed E-state index contributed by atoms with van der Waals surface area (Å²) in [7, 11) is 0. The third kappa shape index (κ3) is 4.03. The van der Waals surface area contributed by atoms with Crippen LogP contribution in [-0.4, -0.2) is 24.2 Å². The van der Waals surface area contributed by atoms with Crippen molar-refractivity contribution in [3.8, 4) is 0 Å². The first kappa shape index (κ1) is 13.4. The van der Waals surface area contributed by atoms with Gasteiger partial charge < -0.3 is 16.2 Å². The van der Waals surface area contributed by atoms with Crippen molar-refractivity contribution < 1.29 is 14.3 Å². The Bertz CT molecular complexity index is 396. The molecule has 1 rings (SSSR count). The van der Waals surface area contributed by atoms with Gasteiger partial charge in [-0.1, -0.05) is 6.92 Å². The van der Waals surface area contributed by atoms with Gasteiger partial charge in [0.05, 0.1) is 5.56 Å². The first-order chi connectivity index (χ1) is 8.04. The van der Waals surface area contributed by atoms with Crippen molar-refractivity contribution in [1.29, 1.82) is 0 Å². The molecule has 5 heteroatoms. The molecule has 0 saturated carbocycles. The maximum atomic E-state index is 13.4. The highest BCUT2D eigenvalue weighted by Crippen LogP contribution is 2.11. The van der Waals surface area contributed by atoms with Crippen LogP contribution < -0.4 is 11.1 Å². The molecular weight excluding hydrogens is 223 g/mol. The fraction of sp³-hybridized carbons (Fsp3) is 0.417. The van der Waals surface area contributed by atoms with Crippen molar-refractivity contribution in [2.75, 3.05) is 18.9 Å². The second-order valence-electron chi connectivity index (χ2n) is 4.07. The van der Waals surface area contributed by atoms with Crippen LogP contribution in [0.2, 0.25) is 0 Å². The Kier molecular flexibility index (Phi) is 4.90. The van der Waals surface area contributed by atoms with Crippen LogP contribution >= 0.6 is 0 Å². The molecule has 0 fully saturated rings. The number of rotatable bonds is 5. The third-order valence-corrected chi connectivity index (χ3v) is 2.47. The van der Waals surface area contributed by atoms with Gasteiger partial charge in [0.2, 0.25) is 0 Å². The number of nitrogens with two attached hydrogens (primary N) is 1. The van der Waals surface area contributed by atoms with E-state index in [0.29, 0.717) is 13.0 Å². The smallest absolute Gasteiger partial charge is 0.254 e. The molecule has 0 aliphatic carbocycles. The molecule has 4 nitrogen and oxygen atoms in total. The molecule has 1 atom stereocenters. The van der Waals surface area contributed by atoms with Gasteiger partial charge in [0, 0.05) is 18.8 Å². The van der Waals surface area contributed by atoms with Gasteiger partial charge in [0.15, 0.2) is 0 Å². The van der Waals surface area contributed by atoms with Crippen molar-refractivity contribution in [3.05, 3.63) is 29.6 Å². The number of carbonyl (C=O) groups excluding carboxylic acids is 1. The summed E-state index contributed by atoms with van der Waals surface area (Å²) < 4.78 is 13.4. The number of aliphatic hydroxyl groups excluding tert-OH is 1. The lowest BCUT2D eigenvalue weighted by Crippen LogP contribution is -2.29. The zero-order chi connectivity index (χ0) is 12.8. The number of carbonyl (C=O) groups is 1. The molecule has 1 amide bonds. The average molecular weight is 240 g/mol. The van der Waals surface area contributed by atoms with Gasteiger partial charge in [-0.2, -0.15) is 0 Å². The monoisotopic (exact) mass is 240 g/mol. The van der Waals surface area contributed by atoms with Gasteiger partial charge in [0.1, 0.15) is 5.82 Å². The molecule has 1 aromatic carbocycles. The lowest BCUT2D eigenvalue weighted by Gasteiger charge is -2.11. The normalized spacial score (nSPS) is 12.2. The Morgan fingerprint density at radius 1 is 1.59 bits per heavy atom. The van der Waals surface area contributed by atoms with Crippen LogP contribution in [0.15, 0.2) is 18.2 Å². The summed E-state index contributed by atoms with van der Waals surface area (Å²) in [5.41, 5.74) is 5.66. The number of nitrogens with one attached hydrogen (secondary N) is 1. The minimum absolute atomic E-state index is 0.0181. The van der Waals surface area contributed by atoms with E-state index in [1.807, 2.05) is 6.92 Å². The highest BCUT2D eigenvalue weighted by molar-refractivity contribution is 5.94. The lowest BCUT2D eigenvalue weighted by molar-refractivity contribution is 0.0941. The maximum Gasteiger partial charge on any atom is 0.254 e. The van der Waals surface area contributed by atoms with Crippen molar-refractivity contribution >= 4 is 11.6 Å². The third-order valence-electron chi connectivity index (χ3n) is 2.47. The Hall–Kier alpha value is -1.62. The van der Waals surface area contributed by atoms with Crippen LogP contribution in [0.25, 0.3) is 0 Å². The SMILES string of the molecule is CC(CCO)CNC(=O)c1ccc(N)cc1F. The van der Waals surface area contributed by atoms with Gasteiger partial charge in [-0.15, -0.1) is 0 Å². The summed E-state index contributed by atoms with van der Waals surface area (Å²) in [6.07, 6.45) is 0.602. The van der Waals surface area contributed by atoms with Crippen LogP contribution in [0.5, 0.6) is 0 Å². The standard InChI is InChI=1S/C12H17FN2O2/c1-8(4-5-16)7-15-12(17)10-3-2-9(14)6-11(10)13/h2-3,6,8,16H,4-5,7,14H2,1H3,(H,15,17). The molecule has 94 valence electrons. The minimum Gasteiger partial charge on any atom is -0.399 e. The first-order valence-electron chi connectivity index (χ1n) is 5.48. The molecule has 1 unspecified atom stereocenters. The van der Waals surface area contributed by atoms with E-state index in [9.17, 15) is 9.18 Å². The summed E-state index contributed by atoms with van der Waals surface area (Å²) in [6.45, 7) is 2.38. The maximum absolute atomic E-state index is 13.4. The van der Waals surface area contributed by atoms with E-state index in [2.05, 4.69) is 5.32 Å². The first-order valence-corrected chi connectivity index (χ1v) is 5.48. The van der Waals surface area contributed by atoms with E-state index < -0.39 is 11.7 Å². The largest absolute Gasteiger partial charge is 0.399 e. The molecule has 0 aromatic heterocycles. The zero-order valence-electron chi connectivity index (χ0n) is 9.74. The van der Waals surface area contributed by atoms with Gasteiger partial charge >= 0.3 is 0 Å². The predicted octanol–water partition coefficient (Wildman–Crippen LogP) is 1.16. The summed E-state index contributed by atoms with van der Waals surface area (Å²) in [5.74, 6) is -0.939. The molecule has 0 saturated heterocycles. The average Bonchev–Trinajstić information content (AvgIpc) is 2.26. The van der Waals surface area contributed by atoms with Crippen molar-refractivity contribution in [2.24, 2.45) is 5.92 Å². The van der Waals surface area contributed by atoms with Crippen molar-refractivity contribution in [1.82, 2.24) is 5.32 Å². The highest BCUT2D eigenvalue weighted by Gasteiger charge is 2.12. The lowest BCUT2D eigenvalue weighted by atomic mass is 10.1. The number of anilines is 1. The Balaban J connectivity index is 2.58. The molecule has 0 aliphatic heterocycles. The van der Waals surface area contributed by atoms with Crippen molar-refractivity contribution in [3.63, 3.8) is 0 Å². The van der Waals surface area contributed by atoms with Crippen molar-refractivity contribution in [2.45, 2.75) is 13.3 Å². The molecule has 1 aromatic rings. The fourth-order valence-electron chi connectivity index (χ4n) is 1.40. The van der Waals surface area contributed by atoms with Crippen LogP contribution in [0, 0.1) is 11.7 Å². The molecular formula is C12H17FN2O2. The van der Waals surface area contributed by atoms with E-state index in [0.717, 1.165) is 6.07 Å². The molecule has 0 spiro atoms. The Morgan fingerprint density at radius 2 is 2.29 bits per heavy atom. The van der Waals surface area contributed by atoms with Gasteiger partial charge in [0.25, 0.3) is 5.91 Å². The summed E-state index contributed by atoms with van der Waals surface area (Å²) in [6, 6.07) is 3.96. The van der Waals surface area contributed by atoms with Crippen LogP contribution in [0.4, 0.5) is 10.1 Å². The number of halogens is 1. The predicted molar refractivity (Wildman–Crippen MR) is 64.0 cm³/mol. The van der Waals surface area contributed by atoms with E-state index >= 15 is 0 Å². The van der Waals surface area contributed by atoms with Crippen LogP contribution in [0.3, 0.4) is 0 Å². The van der Waals surface area contributed by atoms with E-state index in [4.69, 9.17) is 10.8 Å². The molecule has 0 heterocycles. The zero-order valence-corrected chi connectivity index (χ0v) is 9.74. The summed E-state index contributed by atoms with van der Waals surface area (Å²) in [4.78, 5) is 11.6. The summed E-state index contributed by atoms with van der Waals surface area (Å²) >= 11 is 0. The number of aliphatic hydroxyl groups is 1. The Labute approximate surface area is 99.6 Å². The number of nitrogen functional groups attached to an aromatic ring is 1. The molecule has 0 aliphatic rings. The van der Waals surface area contributed by atoms with Crippen LogP contribution in [-0.2, 0) is 0 Å². The Morgan fingerprint density at radius 3 is 2.88 bits per heavy atom. The molecule has 4 N–H and O–H groups in total.